The van der Waals surface area contributed by atoms with E-state index < -0.39 is 0 Å². The summed E-state index contributed by atoms with van der Waals surface area (Å²) in [5.41, 5.74) is 1.38. The van der Waals surface area contributed by atoms with Crippen molar-refractivity contribution in [3.63, 3.8) is 0 Å². The van der Waals surface area contributed by atoms with Crippen molar-refractivity contribution >= 4 is 28.3 Å². The molecule has 1 aromatic heterocycles. The molecule has 0 spiro atoms. The van der Waals surface area contributed by atoms with Crippen LogP contribution in [-0.2, 0) is 0 Å². The number of halogens is 1. The van der Waals surface area contributed by atoms with Crippen LogP contribution in [0.25, 0.3) is 10.9 Å². The van der Waals surface area contributed by atoms with Gasteiger partial charge in [0.05, 0.1) is 10.5 Å². The zero-order chi connectivity index (χ0) is 10.1. The van der Waals surface area contributed by atoms with Gasteiger partial charge < -0.3 is 0 Å². The third-order valence-corrected chi connectivity index (χ3v) is 2.41. The summed E-state index contributed by atoms with van der Waals surface area (Å²) in [5, 5.41) is 1.31. The minimum absolute atomic E-state index is 0.00509. The van der Waals surface area contributed by atoms with Crippen LogP contribution in [0.2, 0.25) is 5.02 Å². The number of aromatic nitrogens is 1. The van der Waals surface area contributed by atoms with E-state index in [1.54, 1.807) is 18.3 Å². The summed E-state index contributed by atoms with van der Waals surface area (Å²) in [5.74, 6) is 0.00509. The van der Waals surface area contributed by atoms with Crippen LogP contribution < -0.4 is 0 Å². The monoisotopic (exact) mass is 205 g/mol. The molecule has 0 fully saturated rings. The van der Waals surface area contributed by atoms with Gasteiger partial charge in [-0.2, -0.15) is 0 Å². The number of pyridine rings is 1. The summed E-state index contributed by atoms with van der Waals surface area (Å²) in [6.45, 7) is 1.53. The standard InChI is InChI=1S/C11H8ClNO/c1-7(14)8-3-2-4-10-11(8)9(12)5-6-13-10/h2-6H,1H3. The lowest BCUT2D eigenvalue weighted by Gasteiger charge is -2.03. The van der Waals surface area contributed by atoms with Crippen LogP contribution >= 0.6 is 11.6 Å². The lowest BCUT2D eigenvalue weighted by atomic mass is 10.1. The van der Waals surface area contributed by atoms with Gasteiger partial charge in [0.2, 0.25) is 0 Å². The van der Waals surface area contributed by atoms with Crippen molar-refractivity contribution in [1.82, 2.24) is 4.98 Å². The van der Waals surface area contributed by atoms with E-state index in [4.69, 9.17) is 11.6 Å². The molecule has 0 N–H and O–H groups in total. The Kier molecular flexibility index (Phi) is 2.22. The number of ketones is 1. The summed E-state index contributed by atoms with van der Waals surface area (Å²) in [4.78, 5) is 15.5. The highest BCUT2D eigenvalue weighted by molar-refractivity contribution is 6.36. The number of hydrogen-bond acceptors (Lipinski definition) is 2. The van der Waals surface area contributed by atoms with Crippen LogP contribution in [0.5, 0.6) is 0 Å². The van der Waals surface area contributed by atoms with E-state index >= 15 is 0 Å². The largest absolute Gasteiger partial charge is 0.294 e. The van der Waals surface area contributed by atoms with Gasteiger partial charge in [-0.05, 0) is 19.1 Å². The molecule has 0 amide bonds. The van der Waals surface area contributed by atoms with Gasteiger partial charge in [0.25, 0.3) is 0 Å². The first-order valence-electron chi connectivity index (χ1n) is 4.24. The minimum atomic E-state index is 0.00509. The SMILES string of the molecule is CC(=O)c1cccc2nccc(Cl)c12. The second-order valence-corrected chi connectivity index (χ2v) is 3.46. The van der Waals surface area contributed by atoms with Crippen LogP contribution in [-0.4, -0.2) is 10.8 Å². The first kappa shape index (κ1) is 9.16. The number of nitrogens with zero attached hydrogens (tertiary/aromatic N) is 1. The molecule has 2 aromatic rings. The second kappa shape index (κ2) is 3.39. The van der Waals surface area contributed by atoms with Crippen molar-refractivity contribution in [3.8, 4) is 0 Å². The highest BCUT2D eigenvalue weighted by atomic mass is 35.5. The van der Waals surface area contributed by atoms with Gasteiger partial charge in [-0.1, -0.05) is 23.7 Å². The zero-order valence-corrected chi connectivity index (χ0v) is 8.38. The predicted molar refractivity (Wildman–Crippen MR) is 56.8 cm³/mol. The van der Waals surface area contributed by atoms with Gasteiger partial charge in [-0.15, -0.1) is 0 Å². The van der Waals surface area contributed by atoms with Crippen LogP contribution in [0.3, 0.4) is 0 Å². The summed E-state index contributed by atoms with van der Waals surface area (Å²) in [6, 6.07) is 7.10. The Morgan fingerprint density at radius 1 is 1.36 bits per heavy atom. The summed E-state index contributed by atoms with van der Waals surface area (Å²) >= 11 is 6.01. The number of benzene rings is 1. The molecule has 1 aromatic carbocycles. The molecule has 2 rings (SSSR count). The average Bonchev–Trinajstić information content (AvgIpc) is 2.17. The molecule has 2 nitrogen and oxygen atoms in total. The maximum Gasteiger partial charge on any atom is 0.160 e. The molecule has 0 aliphatic rings. The van der Waals surface area contributed by atoms with Crippen molar-refractivity contribution in [3.05, 3.63) is 41.0 Å². The number of hydrogen-bond donors (Lipinski definition) is 0. The van der Waals surface area contributed by atoms with Crippen LogP contribution in [0.1, 0.15) is 17.3 Å². The molecule has 0 bridgehead atoms. The lowest BCUT2D eigenvalue weighted by molar-refractivity contribution is 0.101. The molecule has 0 atom stereocenters. The smallest absolute Gasteiger partial charge is 0.160 e. The van der Waals surface area contributed by atoms with Crippen molar-refractivity contribution in [2.24, 2.45) is 0 Å². The Morgan fingerprint density at radius 3 is 2.86 bits per heavy atom. The molecule has 70 valence electrons. The summed E-state index contributed by atoms with van der Waals surface area (Å²) in [6.07, 6.45) is 1.63. The molecule has 1 heterocycles. The Morgan fingerprint density at radius 2 is 2.14 bits per heavy atom. The Bertz CT molecular complexity index is 502. The van der Waals surface area contributed by atoms with Crippen LogP contribution in [0.15, 0.2) is 30.5 Å². The quantitative estimate of drug-likeness (QED) is 0.670. The average molecular weight is 206 g/mol. The maximum absolute atomic E-state index is 11.3. The molecule has 3 heteroatoms. The van der Waals surface area contributed by atoms with Gasteiger partial charge in [-0.25, -0.2) is 0 Å². The summed E-state index contributed by atoms with van der Waals surface area (Å²) in [7, 11) is 0. The molecule has 0 aliphatic carbocycles. The fraction of sp³-hybridized carbons (Fsp3) is 0.0909. The highest BCUT2D eigenvalue weighted by Crippen LogP contribution is 2.25. The Balaban J connectivity index is 2.91. The van der Waals surface area contributed by atoms with Gasteiger partial charge in [0.1, 0.15) is 0 Å². The zero-order valence-electron chi connectivity index (χ0n) is 7.62. The number of Topliss-reactive ketones (excluding diaryl/α,β-unsaturated/α-hetero) is 1. The fourth-order valence-electron chi connectivity index (χ4n) is 1.46. The Labute approximate surface area is 86.5 Å². The van der Waals surface area contributed by atoms with E-state index in [1.165, 1.54) is 6.92 Å². The molecule has 14 heavy (non-hydrogen) atoms. The van der Waals surface area contributed by atoms with E-state index in [1.807, 2.05) is 12.1 Å². The molecule has 0 radical (unpaired) electrons. The molecule has 0 saturated carbocycles. The normalized spacial score (nSPS) is 10.4. The Hall–Kier alpha value is -1.41. The third kappa shape index (κ3) is 1.38. The van der Waals surface area contributed by atoms with E-state index in [0.717, 1.165) is 10.9 Å². The second-order valence-electron chi connectivity index (χ2n) is 3.05. The van der Waals surface area contributed by atoms with Crippen molar-refractivity contribution in [1.29, 1.82) is 0 Å². The highest BCUT2D eigenvalue weighted by Gasteiger charge is 2.08. The maximum atomic E-state index is 11.3. The molecule has 0 aliphatic heterocycles. The third-order valence-electron chi connectivity index (χ3n) is 2.10. The lowest BCUT2D eigenvalue weighted by Crippen LogP contribution is -1.94. The summed E-state index contributed by atoms with van der Waals surface area (Å²) < 4.78 is 0. The molecular weight excluding hydrogens is 198 g/mol. The van der Waals surface area contributed by atoms with Gasteiger partial charge >= 0.3 is 0 Å². The molecule has 0 saturated heterocycles. The van der Waals surface area contributed by atoms with Gasteiger partial charge in [0, 0.05) is 17.1 Å². The van der Waals surface area contributed by atoms with Crippen molar-refractivity contribution in [2.45, 2.75) is 6.92 Å². The molecule has 0 unspecified atom stereocenters. The first-order valence-corrected chi connectivity index (χ1v) is 4.62. The van der Waals surface area contributed by atoms with E-state index in [-0.39, 0.29) is 5.78 Å². The predicted octanol–water partition coefficient (Wildman–Crippen LogP) is 3.09. The first-order chi connectivity index (χ1) is 6.70. The van der Waals surface area contributed by atoms with Crippen molar-refractivity contribution < 1.29 is 4.79 Å². The molecular formula is C11H8ClNO. The topological polar surface area (TPSA) is 30.0 Å². The number of carbonyl (C=O) groups is 1. The van der Waals surface area contributed by atoms with E-state index in [2.05, 4.69) is 4.98 Å². The number of fused-ring (bicyclic) bond motifs is 1. The van der Waals surface area contributed by atoms with Gasteiger partial charge in [-0.3, -0.25) is 9.78 Å². The van der Waals surface area contributed by atoms with Crippen LogP contribution in [0, 0.1) is 0 Å². The van der Waals surface area contributed by atoms with E-state index in [0.29, 0.717) is 10.6 Å². The van der Waals surface area contributed by atoms with Crippen LogP contribution in [0.4, 0.5) is 0 Å². The number of rotatable bonds is 1. The minimum Gasteiger partial charge on any atom is -0.294 e. The fourth-order valence-corrected chi connectivity index (χ4v) is 1.71. The van der Waals surface area contributed by atoms with Gasteiger partial charge in [0.15, 0.2) is 5.78 Å². The van der Waals surface area contributed by atoms with Crippen molar-refractivity contribution in [2.75, 3.05) is 0 Å². The van der Waals surface area contributed by atoms with E-state index in [9.17, 15) is 4.79 Å². The number of carbonyl (C=O) groups excluding carboxylic acids is 1.